The molecule has 2 amide bonds. The Morgan fingerprint density at radius 2 is 1.81 bits per heavy atom. The predicted octanol–water partition coefficient (Wildman–Crippen LogP) is 1.47. The Bertz CT molecular complexity index is 973. The molecule has 0 unspecified atom stereocenters. The van der Waals surface area contributed by atoms with Crippen LogP contribution >= 0.6 is 0 Å². The summed E-state index contributed by atoms with van der Waals surface area (Å²) in [7, 11) is 0. The van der Waals surface area contributed by atoms with Crippen molar-refractivity contribution in [2.24, 2.45) is 0 Å². The number of para-hydroxylation sites is 1. The molecule has 1 heterocycles. The number of nitrogens with zero attached hydrogens (tertiary/aromatic N) is 2. The molecule has 8 nitrogen and oxygen atoms in total. The van der Waals surface area contributed by atoms with E-state index in [4.69, 9.17) is 14.5 Å². The van der Waals surface area contributed by atoms with E-state index >= 15 is 0 Å². The van der Waals surface area contributed by atoms with Crippen LogP contribution in [0.5, 0.6) is 5.75 Å². The number of amides is 2. The fourth-order valence-corrected chi connectivity index (χ4v) is 2.21. The topological polar surface area (TPSA) is 117 Å². The SMILES string of the molecule is N#Cc1ccc(OCC(=O)NNC(=O)Cc2noc3ccccc23)cc1. The largest absolute Gasteiger partial charge is 0.484 e. The molecular weight excluding hydrogens is 336 g/mol. The van der Waals surface area contributed by atoms with Crippen molar-refractivity contribution in [3.05, 3.63) is 59.8 Å². The smallest absolute Gasteiger partial charge is 0.276 e. The van der Waals surface area contributed by atoms with Crippen molar-refractivity contribution < 1.29 is 18.8 Å². The minimum atomic E-state index is -0.521. The molecular formula is C18H14N4O4. The number of fused-ring (bicyclic) bond motifs is 1. The molecule has 0 aliphatic carbocycles. The first-order valence-corrected chi connectivity index (χ1v) is 7.69. The summed E-state index contributed by atoms with van der Waals surface area (Å²) < 4.78 is 10.4. The molecule has 0 radical (unpaired) electrons. The molecule has 2 aromatic carbocycles. The van der Waals surface area contributed by atoms with Gasteiger partial charge in [0.1, 0.15) is 11.4 Å². The number of nitrogens with one attached hydrogen (secondary N) is 2. The third kappa shape index (κ3) is 4.15. The number of hydrazine groups is 1. The summed E-state index contributed by atoms with van der Waals surface area (Å²) in [6, 6.07) is 15.5. The third-order valence-electron chi connectivity index (χ3n) is 3.47. The van der Waals surface area contributed by atoms with Crippen LogP contribution in [0.1, 0.15) is 11.3 Å². The minimum absolute atomic E-state index is 0.0340. The molecule has 3 rings (SSSR count). The fraction of sp³-hybridized carbons (Fsp3) is 0.111. The third-order valence-corrected chi connectivity index (χ3v) is 3.47. The average Bonchev–Trinajstić information content (AvgIpc) is 3.08. The monoisotopic (exact) mass is 350 g/mol. The van der Waals surface area contributed by atoms with Gasteiger partial charge in [-0.25, -0.2) is 0 Å². The number of carbonyl (C=O) groups excluding carboxylic acids is 2. The first kappa shape index (κ1) is 17.0. The van der Waals surface area contributed by atoms with Gasteiger partial charge in [0, 0.05) is 5.39 Å². The van der Waals surface area contributed by atoms with Crippen LogP contribution in [0.15, 0.2) is 53.1 Å². The van der Waals surface area contributed by atoms with Gasteiger partial charge in [0.2, 0.25) is 5.91 Å². The Morgan fingerprint density at radius 1 is 1.08 bits per heavy atom. The van der Waals surface area contributed by atoms with Crippen LogP contribution in [0.4, 0.5) is 0 Å². The highest BCUT2D eigenvalue weighted by Crippen LogP contribution is 2.17. The Morgan fingerprint density at radius 3 is 2.58 bits per heavy atom. The van der Waals surface area contributed by atoms with Crippen LogP contribution in [-0.2, 0) is 16.0 Å². The standard InChI is InChI=1S/C18H14N4O4/c19-10-12-5-7-13(8-6-12)25-11-18(24)21-20-17(23)9-15-14-3-1-2-4-16(14)26-22-15/h1-8H,9,11H2,(H,20,23)(H,21,24). The molecule has 0 saturated heterocycles. The zero-order valence-electron chi connectivity index (χ0n) is 13.6. The number of nitriles is 1. The van der Waals surface area contributed by atoms with Crippen LogP contribution in [0.25, 0.3) is 11.0 Å². The second-order valence-electron chi connectivity index (χ2n) is 5.32. The second-order valence-corrected chi connectivity index (χ2v) is 5.32. The lowest BCUT2D eigenvalue weighted by Crippen LogP contribution is -2.44. The van der Waals surface area contributed by atoms with E-state index in [1.165, 1.54) is 0 Å². The maximum absolute atomic E-state index is 11.9. The molecule has 3 aromatic rings. The Balaban J connectivity index is 1.45. The van der Waals surface area contributed by atoms with Gasteiger partial charge < -0.3 is 9.26 Å². The number of carbonyl (C=O) groups is 2. The van der Waals surface area contributed by atoms with Crippen molar-refractivity contribution in [1.29, 1.82) is 5.26 Å². The van der Waals surface area contributed by atoms with E-state index in [0.29, 0.717) is 22.6 Å². The molecule has 130 valence electrons. The van der Waals surface area contributed by atoms with E-state index in [1.54, 1.807) is 36.4 Å². The highest BCUT2D eigenvalue weighted by atomic mass is 16.5. The normalized spacial score (nSPS) is 10.1. The van der Waals surface area contributed by atoms with Crippen molar-refractivity contribution in [2.45, 2.75) is 6.42 Å². The number of aromatic nitrogens is 1. The van der Waals surface area contributed by atoms with E-state index < -0.39 is 11.8 Å². The minimum Gasteiger partial charge on any atom is -0.484 e. The first-order valence-electron chi connectivity index (χ1n) is 7.69. The Hall–Kier alpha value is -3.86. The number of ether oxygens (including phenoxy) is 1. The van der Waals surface area contributed by atoms with Crippen molar-refractivity contribution in [2.75, 3.05) is 6.61 Å². The molecule has 0 saturated carbocycles. The molecule has 0 aliphatic rings. The van der Waals surface area contributed by atoms with Crippen LogP contribution in [0.3, 0.4) is 0 Å². The lowest BCUT2D eigenvalue weighted by atomic mass is 10.2. The lowest BCUT2D eigenvalue weighted by molar-refractivity contribution is -0.129. The lowest BCUT2D eigenvalue weighted by Gasteiger charge is -2.08. The average molecular weight is 350 g/mol. The van der Waals surface area contributed by atoms with Gasteiger partial charge in [0.15, 0.2) is 12.2 Å². The molecule has 0 fully saturated rings. The summed E-state index contributed by atoms with van der Waals surface area (Å²) in [6.07, 6.45) is -0.0340. The summed E-state index contributed by atoms with van der Waals surface area (Å²) in [5.41, 5.74) is 6.13. The Kier molecular flexibility index (Phi) is 5.10. The van der Waals surface area contributed by atoms with Crippen LogP contribution in [0, 0.1) is 11.3 Å². The summed E-state index contributed by atoms with van der Waals surface area (Å²) >= 11 is 0. The predicted molar refractivity (Wildman–Crippen MR) is 90.7 cm³/mol. The number of benzene rings is 2. The van der Waals surface area contributed by atoms with Gasteiger partial charge in [-0.1, -0.05) is 17.3 Å². The van der Waals surface area contributed by atoms with Gasteiger partial charge in [0.05, 0.1) is 18.1 Å². The van der Waals surface area contributed by atoms with Gasteiger partial charge >= 0.3 is 0 Å². The molecule has 8 heteroatoms. The summed E-state index contributed by atoms with van der Waals surface area (Å²) in [5.74, 6) is -0.511. The second kappa shape index (κ2) is 7.81. The van der Waals surface area contributed by atoms with Crippen LogP contribution in [0.2, 0.25) is 0 Å². The van der Waals surface area contributed by atoms with Gasteiger partial charge in [-0.05, 0) is 36.4 Å². The van der Waals surface area contributed by atoms with Crippen molar-refractivity contribution in [1.82, 2.24) is 16.0 Å². The van der Waals surface area contributed by atoms with E-state index in [9.17, 15) is 9.59 Å². The number of hydrogen-bond acceptors (Lipinski definition) is 6. The maximum Gasteiger partial charge on any atom is 0.276 e. The molecule has 0 atom stereocenters. The van der Waals surface area contributed by atoms with Crippen LogP contribution in [-0.4, -0.2) is 23.6 Å². The zero-order chi connectivity index (χ0) is 18.4. The molecule has 0 aliphatic heterocycles. The van der Waals surface area contributed by atoms with Gasteiger partial charge in [-0.2, -0.15) is 5.26 Å². The highest BCUT2D eigenvalue weighted by molar-refractivity contribution is 5.87. The quantitative estimate of drug-likeness (QED) is 0.673. The van der Waals surface area contributed by atoms with E-state index in [-0.39, 0.29) is 13.0 Å². The van der Waals surface area contributed by atoms with E-state index in [0.717, 1.165) is 5.39 Å². The molecule has 0 bridgehead atoms. The molecule has 0 spiro atoms. The molecule has 2 N–H and O–H groups in total. The van der Waals surface area contributed by atoms with Gasteiger partial charge in [-0.15, -0.1) is 0 Å². The highest BCUT2D eigenvalue weighted by Gasteiger charge is 2.12. The van der Waals surface area contributed by atoms with Crippen molar-refractivity contribution in [3.8, 4) is 11.8 Å². The number of rotatable bonds is 5. The van der Waals surface area contributed by atoms with Crippen LogP contribution < -0.4 is 15.6 Å². The van der Waals surface area contributed by atoms with E-state index in [1.807, 2.05) is 18.2 Å². The summed E-state index contributed by atoms with van der Waals surface area (Å²) in [5, 5.41) is 13.3. The summed E-state index contributed by atoms with van der Waals surface area (Å²) in [6.45, 7) is -0.279. The van der Waals surface area contributed by atoms with Crippen molar-refractivity contribution in [3.63, 3.8) is 0 Å². The van der Waals surface area contributed by atoms with Crippen molar-refractivity contribution >= 4 is 22.8 Å². The molecule has 1 aromatic heterocycles. The van der Waals surface area contributed by atoms with Gasteiger partial charge in [-0.3, -0.25) is 20.4 Å². The zero-order valence-corrected chi connectivity index (χ0v) is 13.6. The Labute approximate surface area is 148 Å². The van der Waals surface area contributed by atoms with E-state index in [2.05, 4.69) is 16.0 Å². The molecule has 26 heavy (non-hydrogen) atoms. The first-order chi connectivity index (χ1) is 12.7. The maximum atomic E-state index is 11.9. The number of hydrogen-bond donors (Lipinski definition) is 2. The van der Waals surface area contributed by atoms with Gasteiger partial charge in [0.25, 0.3) is 5.91 Å². The summed E-state index contributed by atoms with van der Waals surface area (Å²) in [4.78, 5) is 23.6. The fourth-order valence-electron chi connectivity index (χ4n) is 2.21.